The van der Waals surface area contributed by atoms with Gasteiger partial charge in [0.05, 0.1) is 12.9 Å². The molecule has 139 valence electrons. The van der Waals surface area contributed by atoms with Crippen molar-refractivity contribution >= 4 is 14.8 Å². The summed E-state index contributed by atoms with van der Waals surface area (Å²) in [5, 5.41) is 0. The second-order valence-electron chi connectivity index (χ2n) is 4.90. The van der Waals surface area contributed by atoms with Crippen molar-refractivity contribution in [3.63, 3.8) is 0 Å². The predicted molar refractivity (Wildman–Crippen MR) is 109 cm³/mol. The monoisotopic (exact) mass is 365 g/mol. The summed E-state index contributed by atoms with van der Waals surface area (Å²) in [5.41, 5.74) is 0. The molecule has 2 aromatic carbocycles. The first kappa shape index (κ1) is 21.9. The van der Waals surface area contributed by atoms with Gasteiger partial charge >= 0.3 is 14.8 Å². The van der Waals surface area contributed by atoms with Crippen molar-refractivity contribution in [3.8, 4) is 35.3 Å². The highest BCUT2D eigenvalue weighted by molar-refractivity contribution is 6.53. The van der Waals surface area contributed by atoms with Gasteiger partial charge in [0.15, 0.2) is 0 Å². The molecule has 0 atom stereocenters. The number of fused-ring (bicyclic) bond motifs is 2. The topological polar surface area (TPSA) is 46.2 Å². The summed E-state index contributed by atoms with van der Waals surface area (Å²) in [5.74, 6) is 7.12. The van der Waals surface area contributed by atoms with E-state index in [-0.39, 0.29) is 14.5 Å². The van der Waals surface area contributed by atoms with Crippen molar-refractivity contribution in [2.45, 2.75) is 21.3 Å². The Hall–Kier alpha value is -3.13. The zero-order chi connectivity index (χ0) is 18.6. The Morgan fingerprint density at radius 1 is 1.00 bits per heavy atom. The van der Waals surface area contributed by atoms with Crippen LogP contribution in [0.3, 0.4) is 0 Å². The molecule has 0 saturated carbocycles. The highest BCUT2D eigenvalue weighted by atomic mass is 16.6. The summed E-state index contributed by atoms with van der Waals surface area (Å²) >= 11 is 0. The maximum atomic E-state index is 5.46. The number of hydrogen-bond acceptors (Lipinski definition) is 5. The second-order valence-corrected chi connectivity index (χ2v) is 4.90. The quantitative estimate of drug-likeness (QED) is 0.461. The van der Waals surface area contributed by atoms with Crippen LogP contribution in [-0.4, -0.2) is 21.4 Å². The standard InChI is InChI=1S/C10H11BO3.C6H4BO2.C3H4.CH4/c1-2-12-8-7-11-13-9-5-3-4-6-10(9)14-11;1-2-4-6-5(3-1)8-7-9-6;1-3-2;/h3-8H,2H2,1H3;1-4H;1H,2H3;1H4. The van der Waals surface area contributed by atoms with E-state index in [1.54, 1.807) is 19.2 Å². The lowest BCUT2D eigenvalue weighted by molar-refractivity contribution is 0.269. The molecule has 0 aliphatic carbocycles. The zero-order valence-electron chi connectivity index (χ0n) is 14.8. The molecule has 0 spiro atoms. The Labute approximate surface area is 162 Å². The van der Waals surface area contributed by atoms with Gasteiger partial charge in [0.2, 0.25) is 0 Å². The summed E-state index contributed by atoms with van der Waals surface area (Å²) in [6.07, 6.45) is 6.19. The van der Waals surface area contributed by atoms with E-state index in [1.165, 1.54) is 7.69 Å². The summed E-state index contributed by atoms with van der Waals surface area (Å²) in [4.78, 5) is 0. The van der Waals surface area contributed by atoms with E-state index in [0.717, 1.165) is 23.0 Å². The molecule has 4 rings (SSSR count). The third-order valence-corrected chi connectivity index (χ3v) is 3.03. The van der Waals surface area contributed by atoms with E-state index in [2.05, 4.69) is 12.3 Å². The molecule has 2 heterocycles. The van der Waals surface area contributed by atoms with Crippen LogP contribution in [0.4, 0.5) is 0 Å². The van der Waals surface area contributed by atoms with E-state index >= 15 is 0 Å². The molecule has 0 N–H and O–H groups in total. The van der Waals surface area contributed by atoms with E-state index in [4.69, 9.17) is 23.4 Å². The third kappa shape index (κ3) is 6.95. The summed E-state index contributed by atoms with van der Waals surface area (Å²) < 4.78 is 25.9. The number of rotatable bonds is 3. The van der Waals surface area contributed by atoms with Crippen molar-refractivity contribution in [2.75, 3.05) is 6.61 Å². The van der Waals surface area contributed by atoms with E-state index in [0.29, 0.717) is 6.61 Å². The maximum Gasteiger partial charge on any atom is 0.658 e. The van der Waals surface area contributed by atoms with E-state index < -0.39 is 0 Å². The summed E-state index contributed by atoms with van der Waals surface area (Å²) in [6, 6.07) is 15.1. The Bertz CT molecular complexity index is 710. The summed E-state index contributed by atoms with van der Waals surface area (Å²) in [6.45, 7) is 4.23. The van der Waals surface area contributed by atoms with Gasteiger partial charge < -0.3 is 23.4 Å². The van der Waals surface area contributed by atoms with E-state index in [1.807, 2.05) is 55.5 Å². The molecule has 0 fully saturated rings. The van der Waals surface area contributed by atoms with Gasteiger partial charge in [-0.1, -0.05) is 31.7 Å². The molecule has 27 heavy (non-hydrogen) atoms. The highest BCUT2D eigenvalue weighted by Gasteiger charge is 2.28. The lowest BCUT2D eigenvalue weighted by Gasteiger charge is -1.97. The largest absolute Gasteiger partial charge is 0.658 e. The van der Waals surface area contributed by atoms with Crippen molar-refractivity contribution < 1.29 is 23.4 Å². The molecule has 2 aliphatic rings. The van der Waals surface area contributed by atoms with Gasteiger partial charge in [0.1, 0.15) is 23.0 Å². The molecule has 0 aromatic heterocycles. The van der Waals surface area contributed by atoms with Gasteiger partial charge in [-0.15, -0.1) is 12.3 Å². The number of benzene rings is 2. The van der Waals surface area contributed by atoms with Crippen LogP contribution < -0.4 is 18.6 Å². The summed E-state index contributed by atoms with van der Waals surface area (Å²) in [7, 11) is 0.962. The van der Waals surface area contributed by atoms with Crippen molar-refractivity contribution in [1.82, 2.24) is 0 Å². The molecule has 7 heteroatoms. The van der Waals surface area contributed by atoms with Crippen molar-refractivity contribution in [2.24, 2.45) is 0 Å². The average Bonchev–Trinajstić information content (AvgIpc) is 3.29. The van der Waals surface area contributed by atoms with Gasteiger partial charge in [0, 0.05) is 5.98 Å². The van der Waals surface area contributed by atoms with Gasteiger partial charge in [-0.3, -0.25) is 0 Å². The second kappa shape index (κ2) is 12.3. The van der Waals surface area contributed by atoms with Gasteiger partial charge in [0.25, 0.3) is 0 Å². The Kier molecular flexibility index (Phi) is 9.95. The van der Waals surface area contributed by atoms with Gasteiger partial charge in [-0.2, -0.15) is 0 Å². The van der Waals surface area contributed by atoms with Crippen LogP contribution in [0, 0.1) is 12.3 Å². The first-order valence-electron chi connectivity index (χ1n) is 8.10. The minimum absolute atomic E-state index is 0. The first-order valence-corrected chi connectivity index (χ1v) is 8.10. The molecular formula is C20H23B2O5. The van der Waals surface area contributed by atoms with Crippen LogP contribution in [0.25, 0.3) is 0 Å². The van der Waals surface area contributed by atoms with Crippen LogP contribution >= 0.6 is 0 Å². The molecular weight excluding hydrogens is 342 g/mol. The zero-order valence-corrected chi connectivity index (χ0v) is 14.8. The van der Waals surface area contributed by atoms with Crippen molar-refractivity contribution in [1.29, 1.82) is 0 Å². The van der Waals surface area contributed by atoms with Crippen LogP contribution in [0.1, 0.15) is 21.3 Å². The smallest absolute Gasteiger partial charge is 0.524 e. The third-order valence-electron chi connectivity index (χ3n) is 3.03. The molecule has 5 nitrogen and oxygen atoms in total. The lowest BCUT2D eigenvalue weighted by Crippen LogP contribution is -2.21. The van der Waals surface area contributed by atoms with E-state index in [9.17, 15) is 0 Å². The lowest BCUT2D eigenvalue weighted by atomic mass is 9.92. The Balaban J connectivity index is 0.000000242. The number of ether oxygens (including phenoxy) is 1. The Morgan fingerprint density at radius 2 is 1.44 bits per heavy atom. The molecule has 2 aromatic rings. The SMILES string of the molecule is C.C#CC.CCOC=CB1Oc2ccccc2O1.[B]1Oc2ccccc2O1. The number of para-hydroxylation sites is 4. The average molecular weight is 365 g/mol. The minimum Gasteiger partial charge on any atom is -0.524 e. The van der Waals surface area contributed by atoms with Gasteiger partial charge in [-0.05, 0) is 38.1 Å². The van der Waals surface area contributed by atoms with Crippen molar-refractivity contribution in [3.05, 3.63) is 60.8 Å². The molecule has 1 radical (unpaired) electrons. The van der Waals surface area contributed by atoms with Crippen LogP contribution in [0.15, 0.2) is 60.8 Å². The molecule has 2 aliphatic heterocycles. The fourth-order valence-electron chi connectivity index (χ4n) is 1.99. The Morgan fingerprint density at radius 3 is 1.89 bits per heavy atom. The maximum absolute atomic E-state index is 5.46. The fraction of sp³-hybridized carbons (Fsp3) is 0.200. The highest BCUT2D eigenvalue weighted by Crippen LogP contribution is 2.32. The molecule has 0 saturated heterocycles. The molecule has 0 amide bonds. The normalized spacial score (nSPS) is 11.7. The van der Waals surface area contributed by atoms with Gasteiger partial charge in [-0.25, -0.2) is 0 Å². The molecule has 0 bridgehead atoms. The number of hydrogen-bond donors (Lipinski definition) is 0. The minimum atomic E-state index is -0.362. The predicted octanol–water partition coefficient (Wildman–Crippen LogP) is 4.30. The fourth-order valence-corrected chi connectivity index (χ4v) is 1.99. The first-order chi connectivity index (χ1) is 12.8. The van der Waals surface area contributed by atoms with Crippen LogP contribution in [0.5, 0.6) is 23.0 Å². The number of terminal acetylenes is 1. The van der Waals surface area contributed by atoms with Crippen LogP contribution in [0.2, 0.25) is 0 Å². The van der Waals surface area contributed by atoms with Crippen LogP contribution in [-0.2, 0) is 4.74 Å². The molecule has 0 unspecified atom stereocenters.